The van der Waals surface area contributed by atoms with E-state index in [0.29, 0.717) is 5.56 Å². The number of hydrogen-bond donors (Lipinski definition) is 1. The number of nitrogens with one attached hydrogen (secondary N) is 1. The molecule has 0 aliphatic carbocycles. The van der Waals surface area contributed by atoms with Crippen molar-refractivity contribution in [2.45, 2.75) is 29.8 Å². The van der Waals surface area contributed by atoms with Gasteiger partial charge in [-0.25, -0.2) is 0 Å². The van der Waals surface area contributed by atoms with Crippen LogP contribution in [0.3, 0.4) is 0 Å². The van der Waals surface area contributed by atoms with Crippen molar-refractivity contribution >= 4 is 23.4 Å². The zero-order valence-corrected chi connectivity index (χ0v) is 15.5. The summed E-state index contributed by atoms with van der Waals surface area (Å²) in [6, 6.07) is 11.8. The lowest BCUT2D eigenvalue weighted by Crippen LogP contribution is -2.30. The molecule has 150 valence electrons. The highest BCUT2D eigenvalue weighted by Crippen LogP contribution is 2.25. The molecule has 0 aromatic heterocycles. The highest BCUT2D eigenvalue weighted by atomic mass is 32.2. The number of amides is 1. The Morgan fingerprint density at radius 3 is 2.32 bits per heavy atom. The van der Waals surface area contributed by atoms with E-state index < -0.39 is 23.0 Å². The first kappa shape index (κ1) is 21.5. The smallest absolute Gasteiger partial charge is 0.422 e. The fourth-order valence-corrected chi connectivity index (χ4v) is 3.00. The van der Waals surface area contributed by atoms with Crippen molar-refractivity contribution in [1.82, 2.24) is 5.32 Å². The second kappa shape index (κ2) is 9.45. The fraction of sp³-hybridized carbons (Fsp3) is 0.278. The van der Waals surface area contributed by atoms with Gasteiger partial charge in [-0.3, -0.25) is 14.9 Å². The van der Waals surface area contributed by atoms with Gasteiger partial charge < -0.3 is 10.1 Å². The summed E-state index contributed by atoms with van der Waals surface area (Å²) in [6.07, 6.45) is -4.40. The zero-order valence-electron chi connectivity index (χ0n) is 14.7. The van der Waals surface area contributed by atoms with Crippen LogP contribution in [-0.4, -0.2) is 28.9 Å². The third-order valence-corrected chi connectivity index (χ3v) is 4.63. The van der Waals surface area contributed by atoms with Crippen molar-refractivity contribution in [3.8, 4) is 5.75 Å². The summed E-state index contributed by atoms with van der Waals surface area (Å²) in [7, 11) is 0. The van der Waals surface area contributed by atoms with Crippen LogP contribution in [0.5, 0.6) is 5.75 Å². The first-order valence-corrected chi connectivity index (χ1v) is 8.99. The molecule has 0 spiro atoms. The van der Waals surface area contributed by atoms with Crippen LogP contribution >= 0.6 is 11.8 Å². The van der Waals surface area contributed by atoms with E-state index in [0.717, 1.165) is 4.90 Å². The highest BCUT2D eigenvalue weighted by molar-refractivity contribution is 8.00. The van der Waals surface area contributed by atoms with Crippen molar-refractivity contribution < 1.29 is 27.6 Å². The number of hydrogen-bond acceptors (Lipinski definition) is 5. The average Bonchev–Trinajstić information content (AvgIpc) is 2.65. The van der Waals surface area contributed by atoms with Crippen LogP contribution in [0.15, 0.2) is 53.4 Å². The normalized spacial score (nSPS) is 12.3. The molecule has 0 fully saturated rings. The molecule has 10 heteroatoms. The minimum atomic E-state index is -4.40. The van der Waals surface area contributed by atoms with Gasteiger partial charge in [-0.2, -0.15) is 13.2 Å². The van der Waals surface area contributed by atoms with Crippen LogP contribution in [0, 0.1) is 10.1 Å². The number of carbonyl (C=O) groups excluding carboxylic acids is 1. The number of nitro benzene ring substituents is 1. The lowest BCUT2D eigenvalue weighted by molar-refractivity contribution is -0.384. The summed E-state index contributed by atoms with van der Waals surface area (Å²) < 4.78 is 41.0. The van der Waals surface area contributed by atoms with E-state index in [1.807, 2.05) is 0 Å². The van der Waals surface area contributed by atoms with Gasteiger partial charge in [-0.1, -0.05) is 12.1 Å². The fourth-order valence-electron chi connectivity index (χ4n) is 2.11. The Kier molecular flexibility index (Phi) is 7.27. The molecule has 2 aromatic carbocycles. The van der Waals surface area contributed by atoms with Gasteiger partial charge in [0, 0.05) is 23.6 Å². The quantitative estimate of drug-likeness (QED) is 0.395. The van der Waals surface area contributed by atoms with Crippen LogP contribution in [0.2, 0.25) is 0 Å². The molecule has 28 heavy (non-hydrogen) atoms. The standard InChI is InChI=1S/C18H17F3N2O4S/c1-12(28-16-8-4-14(5-9-16)23(25)26)17(24)22-10-13-2-6-15(7-3-13)27-11-18(19,20)21/h2-9,12H,10-11H2,1H3,(H,22,24). The second-order valence-electron chi connectivity index (χ2n) is 5.78. The molecular formula is C18H17F3N2O4S. The third-order valence-electron chi connectivity index (χ3n) is 3.52. The van der Waals surface area contributed by atoms with E-state index in [4.69, 9.17) is 0 Å². The van der Waals surface area contributed by atoms with Crippen molar-refractivity contribution in [1.29, 1.82) is 0 Å². The molecule has 1 N–H and O–H groups in total. The lowest BCUT2D eigenvalue weighted by Gasteiger charge is -2.13. The van der Waals surface area contributed by atoms with E-state index in [9.17, 15) is 28.1 Å². The first-order valence-electron chi connectivity index (χ1n) is 8.11. The molecule has 2 rings (SSSR count). The number of non-ortho nitro benzene ring substituents is 1. The Hall–Kier alpha value is -2.75. The predicted molar refractivity (Wildman–Crippen MR) is 98.3 cm³/mol. The van der Waals surface area contributed by atoms with Crippen LogP contribution in [0.25, 0.3) is 0 Å². The molecule has 0 radical (unpaired) electrons. The van der Waals surface area contributed by atoms with Crippen LogP contribution in [0.1, 0.15) is 12.5 Å². The SMILES string of the molecule is CC(Sc1ccc([N+](=O)[O-])cc1)C(=O)NCc1ccc(OCC(F)(F)F)cc1. The molecule has 1 unspecified atom stereocenters. The topological polar surface area (TPSA) is 81.5 Å². The molecule has 1 amide bonds. The molecule has 0 aliphatic rings. The van der Waals surface area contributed by atoms with Gasteiger partial charge in [-0.05, 0) is 36.8 Å². The summed E-state index contributed by atoms with van der Waals surface area (Å²) in [5.41, 5.74) is 0.685. The van der Waals surface area contributed by atoms with Crippen LogP contribution < -0.4 is 10.1 Å². The molecule has 0 aliphatic heterocycles. The molecule has 0 heterocycles. The zero-order chi connectivity index (χ0) is 20.7. The molecule has 0 saturated carbocycles. The summed E-state index contributed by atoms with van der Waals surface area (Å²) in [6.45, 7) is 0.555. The number of benzene rings is 2. The molecular weight excluding hydrogens is 397 g/mol. The van der Waals surface area contributed by atoms with Crippen molar-refractivity contribution in [2.75, 3.05) is 6.61 Å². The molecule has 2 aromatic rings. The van der Waals surface area contributed by atoms with E-state index in [1.54, 1.807) is 31.2 Å². The maximum absolute atomic E-state index is 12.2. The third kappa shape index (κ3) is 7.10. The minimum Gasteiger partial charge on any atom is -0.484 e. The number of alkyl halides is 3. The summed E-state index contributed by atoms with van der Waals surface area (Å²) in [5.74, 6) is -0.143. The number of carbonyl (C=O) groups is 1. The van der Waals surface area contributed by atoms with Crippen molar-refractivity contribution in [3.05, 3.63) is 64.2 Å². The Balaban J connectivity index is 1.81. The molecule has 0 saturated heterocycles. The predicted octanol–water partition coefficient (Wildman–Crippen LogP) is 4.33. The summed E-state index contributed by atoms with van der Waals surface area (Å²) >= 11 is 1.26. The van der Waals surface area contributed by atoms with Gasteiger partial charge in [0.05, 0.1) is 10.2 Å². The molecule has 6 nitrogen and oxygen atoms in total. The van der Waals surface area contributed by atoms with Gasteiger partial charge in [0.1, 0.15) is 5.75 Å². The van der Waals surface area contributed by atoms with Crippen molar-refractivity contribution in [3.63, 3.8) is 0 Å². The Labute approximate surface area is 163 Å². The van der Waals surface area contributed by atoms with E-state index in [2.05, 4.69) is 10.1 Å². The number of halogens is 3. The minimum absolute atomic E-state index is 0.0240. The number of nitro groups is 1. The maximum atomic E-state index is 12.2. The lowest BCUT2D eigenvalue weighted by atomic mass is 10.2. The first-order chi connectivity index (χ1) is 13.1. The Morgan fingerprint density at radius 1 is 1.18 bits per heavy atom. The van der Waals surface area contributed by atoms with Gasteiger partial charge in [-0.15, -0.1) is 11.8 Å². The van der Waals surface area contributed by atoms with Gasteiger partial charge in [0.25, 0.3) is 5.69 Å². The van der Waals surface area contributed by atoms with E-state index in [1.165, 1.54) is 36.0 Å². The highest BCUT2D eigenvalue weighted by Gasteiger charge is 2.28. The number of thioether (sulfide) groups is 1. The number of rotatable bonds is 8. The van der Waals surface area contributed by atoms with Crippen LogP contribution in [0.4, 0.5) is 18.9 Å². The van der Waals surface area contributed by atoms with Crippen molar-refractivity contribution in [2.24, 2.45) is 0 Å². The van der Waals surface area contributed by atoms with Crippen LogP contribution in [-0.2, 0) is 11.3 Å². The largest absolute Gasteiger partial charge is 0.484 e. The Bertz CT molecular complexity index is 811. The van der Waals surface area contributed by atoms with Gasteiger partial charge >= 0.3 is 6.18 Å². The van der Waals surface area contributed by atoms with E-state index in [-0.39, 0.29) is 23.9 Å². The summed E-state index contributed by atoms with van der Waals surface area (Å²) in [5, 5.41) is 12.9. The van der Waals surface area contributed by atoms with Gasteiger partial charge in [0.2, 0.25) is 5.91 Å². The molecule has 0 bridgehead atoms. The average molecular weight is 414 g/mol. The summed E-state index contributed by atoms with van der Waals surface area (Å²) in [4.78, 5) is 23.1. The number of ether oxygens (including phenoxy) is 1. The van der Waals surface area contributed by atoms with E-state index >= 15 is 0 Å². The second-order valence-corrected chi connectivity index (χ2v) is 7.19. The van der Waals surface area contributed by atoms with Gasteiger partial charge in [0.15, 0.2) is 6.61 Å². The monoisotopic (exact) mass is 414 g/mol. The number of nitrogens with zero attached hydrogens (tertiary/aromatic N) is 1. The maximum Gasteiger partial charge on any atom is 0.422 e. The molecule has 1 atom stereocenters. The Morgan fingerprint density at radius 2 is 1.79 bits per heavy atom.